The third kappa shape index (κ3) is 4.35. The summed E-state index contributed by atoms with van der Waals surface area (Å²) in [5.41, 5.74) is 0.712. The van der Waals surface area contributed by atoms with Crippen molar-refractivity contribution in [1.29, 1.82) is 0 Å². The van der Waals surface area contributed by atoms with Gasteiger partial charge in [0.05, 0.1) is 6.61 Å². The van der Waals surface area contributed by atoms with Gasteiger partial charge in [0, 0.05) is 26.4 Å². The summed E-state index contributed by atoms with van der Waals surface area (Å²) in [6.45, 7) is 4.29. The number of methoxy groups -OCH3 is 1. The minimum absolute atomic E-state index is 0.00914. The molecule has 1 aliphatic heterocycles. The van der Waals surface area contributed by atoms with E-state index in [4.69, 9.17) is 4.74 Å². The second kappa shape index (κ2) is 8.07. The molecule has 0 saturated carbocycles. The lowest BCUT2D eigenvalue weighted by Crippen LogP contribution is -2.33. The van der Waals surface area contributed by atoms with E-state index in [-0.39, 0.29) is 5.91 Å². The first kappa shape index (κ1) is 15.1. The van der Waals surface area contributed by atoms with Gasteiger partial charge in [-0.3, -0.25) is 4.79 Å². The van der Waals surface area contributed by atoms with Gasteiger partial charge in [0.2, 0.25) is 0 Å². The van der Waals surface area contributed by atoms with Crippen LogP contribution in [0.15, 0.2) is 18.3 Å². The molecule has 1 aromatic heterocycles. The van der Waals surface area contributed by atoms with Gasteiger partial charge in [-0.15, -0.1) is 0 Å². The molecule has 1 unspecified atom stereocenters. The molecule has 0 aliphatic carbocycles. The van der Waals surface area contributed by atoms with Crippen molar-refractivity contribution in [3.05, 3.63) is 24.0 Å². The predicted octanol–water partition coefficient (Wildman–Crippen LogP) is 1.25. The minimum Gasteiger partial charge on any atom is -0.383 e. The van der Waals surface area contributed by atoms with Crippen molar-refractivity contribution in [2.75, 3.05) is 33.4 Å². The van der Waals surface area contributed by atoms with Crippen molar-refractivity contribution in [2.24, 2.45) is 5.92 Å². The quantitative estimate of drug-likeness (QED) is 0.790. The molecule has 1 aromatic rings. The average molecular weight is 279 g/mol. The highest BCUT2D eigenvalue weighted by atomic mass is 16.5. The molecule has 1 amide bonds. The Labute approximate surface area is 120 Å². The SMILES string of the molecule is COCCn1cccc1C(=O)NCCC1CCCNC1. The van der Waals surface area contributed by atoms with E-state index in [0.717, 1.165) is 26.1 Å². The summed E-state index contributed by atoms with van der Waals surface area (Å²) in [7, 11) is 1.67. The fourth-order valence-electron chi connectivity index (χ4n) is 2.66. The maximum Gasteiger partial charge on any atom is 0.267 e. The Morgan fingerprint density at radius 2 is 2.50 bits per heavy atom. The Bertz CT molecular complexity index is 411. The van der Waals surface area contributed by atoms with E-state index < -0.39 is 0 Å². The van der Waals surface area contributed by atoms with Gasteiger partial charge in [-0.05, 0) is 50.4 Å². The molecule has 1 atom stereocenters. The van der Waals surface area contributed by atoms with Crippen LogP contribution < -0.4 is 10.6 Å². The van der Waals surface area contributed by atoms with Crippen LogP contribution in [0.3, 0.4) is 0 Å². The standard InChI is InChI=1S/C15H25N3O2/c1-20-11-10-18-9-3-5-14(18)15(19)17-8-6-13-4-2-7-16-12-13/h3,5,9,13,16H,2,4,6-8,10-12H2,1H3,(H,17,19). The molecule has 20 heavy (non-hydrogen) atoms. The first-order valence-electron chi connectivity index (χ1n) is 7.44. The van der Waals surface area contributed by atoms with E-state index in [0.29, 0.717) is 24.8 Å². The Morgan fingerprint density at radius 3 is 3.25 bits per heavy atom. The summed E-state index contributed by atoms with van der Waals surface area (Å²) < 4.78 is 6.98. The first-order chi connectivity index (χ1) is 9.81. The average Bonchev–Trinajstić information content (AvgIpc) is 2.94. The lowest BCUT2D eigenvalue weighted by atomic mass is 9.96. The normalized spacial score (nSPS) is 18.9. The van der Waals surface area contributed by atoms with Gasteiger partial charge in [-0.1, -0.05) is 0 Å². The molecule has 0 radical (unpaired) electrons. The molecule has 1 saturated heterocycles. The summed E-state index contributed by atoms with van der Waals surface area (Å²) in [6.07, 6.45) is 5.49. The molecule has 2 heterocycles. The topological polar surface area (TPSA) is 55.3 Å². The maximum absolute atomic E-state index is 12.1. The Hall–Kier alpha value is -1.33. The number of aromatic nitrogens is 1. The molecule has 5 nitrogen and oxygen atoms in total. The number of rotatable bonds is 7. The van der Waals surface area contributed by atoms with Crippen LogP contribution in [0.4, 0.5) is 0 Å². The van der Waals surface area contributed by atoms with Gasteiger partial charge in [-0.2, -0.15) is 0 Å². The molecule has 2 N–H and O–H groups in total. The summed E-state index contributed by atoms with van der Waals surface area (Å²) in [4.78, 5) is 12.1. The third-order valence-electron chi connectivity index (χ3n) is 3.84. The number of carbonyl (C=O) groups is 1. The number of nitrogens with one attached hydrogen (secondary N) is 2. The van der Waals surface area contributed by atoms with E-state index in [9.17, 15) is 4.79 Å². The molecule has 112 valence electrons. The molecule has 0 bridgehead atoms. The molecular formula is C15H25N3O2. The second-order valence-electron chi connectivity index (χ2n) is 5.34. The van der Waals surface area contributed by atoms with Crippen molar-refractivity contribution >= 4 is 5.91 Å². The van der Waals surface area contributed by atoms with E-state index in [1.165, 1.54) is 12.8 Å². The van der Waals surface area contributed by atoms with Crippen LogP contribution in [0.2, 0.25) is 0 Å². The molecule has 5 heteroatoms. The van der Waals surface area contributed by atoms with Crippen molar-refractivity contribution in [3.63, 3.8) is 0 Å². The molecule has 0 aromatic carbocycles. The van der Waals surface area contributed by atoms with E-state index >= 15 is 0 Å². The van der Waals surface area contributed by atoms with Gasteiger partial charge < -0.3 is 19.9 Å². The molecule has 1 fully saturated rings. The Kier molecular flexibility index (Phi) is 6.08. The van der Waals surface area contributed by atoms with E-state index in [2.05, 4.69) is 10.6 Å². The highest BCUT2D eigenvalue weighted by Gasteiger charge is 2.14. The van der Waals surface area contributed by atoms with Gasteiger partial charge in [0.25, 0.3) is 5.91 Å². The number of carbonyl (C=O) groups excluding carboxylic acids is 1. The smallest absolute Gasteiger partial charge is 0.267 e. The molecule has 2 rings (SSSR count). The van der Waals surface area contributed by atoms with Crippen LogP contribution in [0.5, 0.6) is 0 Å². The summed E-state index contributed by atoms with van der Waals surface area (Å²) in [5, 5.41) is 6.42. The number of hydrogen-bond acceptors (Lipinski definition) is 3. The van der Waals surface area contributed by atoms with Crippen LogP contribution >= 0.6 is 0 Å². The van der Waals surface area contributed by atoms with Crippen LogP contribution in [-0.2, 0) is 11.3 Å². The number of hydrogen-bond donors (Lipinski definition) is 2. The highest BCUT2D eigenvalue weighted by Crippen LogP contribution is 2.13. The van der Waals surface area contributed by atoms with Crippen molar-refractivity contribution < 1.29 is 9.53 Å². The van der Waals surface area contributed by atoms with Gasteiger partial charge in [-0.25, -0.2) is 0 Å². The Morgan fingerprint density at radius 1 is 1.60 bits per heavy atom. The fraction of sp³-hybridized carbons (Fsp3) is 0.667. The van der Waals surface area contributed by atoms with Crippen LogP contribution in [-0.4, -0.2) is 43.8 Å². The zero-order chi connectivity index (χ0) is 14.2. The van der Waals surface area contributed by atoms with Crippen LogP contribution in [0.25, 0.3) is 0 Å². The van der Waals surface area contributed by atoms with Crippen LogP contribution in [0.1, 0.15) is 29.8 Å². The van der Waals surface area contributed by atoms with E-state index in [1.807, 2.05) is 22.9 Å². The number of nitrogens with zero attached hydrogens (tertiary/aromatic N) is 1. The highest BCUT2D eigenvalue weighted by molar-refractivity contribution is 5.92. The zero-order valence-corrected chi connectivity index (χ0v) is 12.2. The molecular weight excluding hydrogens is 254 g/mol. The lowest BCUT2D eigenvalue weighted by molar-refractivity contribution is 0.0938. The monoisotopic (exact) mass is 279 g/mol. The number of amides is 1. The van der Waals surface area contributed by atoms with Gasteiger partial charge >= 0.3 is 0 Å². The largest absolute Gasteiger partial charge is 0.383 e. The number of ether oxygens (including phenoxy) is 1. The third-order valence-corrected chi connectivity index (χ3v) is 3.84. The van der Waals surface area contributed by atoms with Crippen molar-refractivity contribution in [1.82, 2.24) is 15.2 Å². The Balaban J connectivity index is 1.75. The zero-order valence-electron chi connectivity index (χ0n) is 12.2. The maximum atomic E-state index is 12.1. The van der Waals surface area contributed by atoms with Crippen molar-refractivity contribution in [2.45, 2.75) is 25.8 Å². The van der Waals surface area contributed by atoms with Gasteiger partial charge in [0.1, 0.15) is 5.69 Å². The summed E-state index contributed by atoms with van der Waals surface area (Å²) in [6, 6.07) is 3.75. The lowest BCUT2D eigenvalue weighted by Gasteiger charge is -2.22. The number of piperidine rings is 1. The fourth-order valence-corrected chi connectivity index (χ4v) is 2.66. The second-order valence-corrected chi connectivity index (χ2v) is 5.34. The predicted molar refractivity (Wildman–Crippen MR) is 78.9 cm³/mol. The first-order valence-corrected chi connectivity index (χ1v) is 7.44. The van der Waals surface area contributed by atoms with Gasteiger partial charge in [0.15, 0.2) is 0 Å². The summed E-state index contributed by atoms with van der Waals surface area (Å²) in [5.74, 6) is 0.708. The van der Waals surface area contributed by atoms with E-state index in [1.54, 1.807) is 7.11 Å². The van der Waals surface area contributed by atoms with Crippen LogP contribution in [0, 0.1) is 5.92 Å². The summed E-state index contributed by atoms with van der Waals surface area (Å²) >= 11 is 0. The minimum atomic E-state index is 0.00914. The molecule has 0 spiro atoms. The van der Waals surface area contributed by atoms with Crippen molar-refractivity contribution in [3.8, 4) is 0 Å². The molecule has 1 aliphatic rings.